The van der Waals surface area contributed by atoms with Gasteiger partial charge in [-0.2, -0.15) is 0 Å². The lowest BCUT2D eigenvalue weighted by atomic mass is 9.49. The van der Waals surface area contributed by atoms with E-state index in [4.69, 9.17) is 0 Å². The Morgan fingerprint density at radius 2 is 1.10 bits per heavy atom. The van der Waals surface area contributed by atoms with Crippen molar-refractivity contribution in [2.45, 2.75) is 44.9 Å². The van der Waals surface area contributed by atoms with E-state index in [9.17, 15) is 0 Å². The number of thiophene rings is 1. The fourth-order valence-electron chi connectivity index (χ4n) is 12.5. The lowest BCUT2D eigenvalue weighted by molar-refractivity contribution is 0.0426. The van der Waals surface area contributed by atoms with Gasteiger partial charge in [0, 0.05) is 42.6 Å². The molecule has 0 radical (unpaired) electrons. The van der Waals surface area contributed by atoms with Crippen molar-refractivity contribution < 1.29 is 0 Å². The normalized spacial score (nSPS) is 21.4. The summed E-state index contributed by atoms with van der Waals surface area (Å²) in [5.41, 5.74) is 17.0. The van der Waals surface area contributed by atoms with Crippen LogP contribution in [0, 0.1) is 23.7 Å². The summed E-state index contributed by atoms with van der Waals surface area (Å²) in [6, 6.07) is 70.7. The molecule has 2 bridgehead atoms. The maximum atomic E-state index is 2.61. The molecule has 2 fully saturated rings. The van der Waals surface area contributed by atoms with Crippen molar-refractivity contribution in [1.82, 2.24) is 0 Å². The number of benzene rings is 8. The van der Waals surface area contributed by atoms with Crippen molar-refractivity contribution in [3.05, 3.63) is 199 Å². The van der Waals surface area contributed by atoms with Crippen molar-refractivity contribution in [2.24, 2.45) is 23.7 Å². The summed E-state index contributed by atoms with van der Waals surface area (Å²) in [5, 5.41) is 2.68. The largest absolute Gasteiger partial charge is 0.310 e. The Kier molecular flexibility index (Phi) is 8.68. The average molecular weight is 804 g/mol. The summed E-state index contributed by atoms with van der Waals surface area (Å²) in [6.07, 6.45) is 5.34. The number of fused-ring (bicyclic) bond motifs is 11. The first-order valence-electron chi connectivity index (χ1n) is 22.3. The quantitative estimate of drug-likeness (QED) is 0.162. The van der Waals surface area contributed by atoms with E-state index < -0.39 is 0 Å². The third-order valence-electron chi connectivity index (χ3n) is 14.8. The lowest BCUT2D eigenvalue weighted by Gasteiger charge is -2.54. The topological polar surface area (TPSA) is 3.24 Å². The first-order valence-corrected chi connectivity index (χ1v) is 23.2. The molecule has 296 valence electrons. The molecule has 9 aromatic rings. The zero-order chi connectivity index (χ0) is 40.7. The summed E-state index contributed by atoms with van der Waals surface area (Å²) in [7, 11) is 0. The van der Waals surface area contributed by atoms with Gasteiger partial charge in [-0.25, -0.2) is 0 Å². The smallest absolute Gasteiger partial charge is 0.0467 e. The minimum Gasteiger partial charge on any atom is -0.310 e. The van der Waals surface area contributed by atoms with Crippen LogP contribution < -0.4 is 4.90 Å². The second kappa shape index (κ2) is 14.5. The minimum absolute atomic E-state index is 0.0227. The predicted octanol–water partition coefficient (Wildman–Crippen LogP) is 16.9. The van der Waals surface area contributed by atoms with E-state index in [1.54, 1.807) is 11.1 Å². The maximum Gasteiger partial charge on any atom is 0.0467 e. The van der Waals surface area contributed by atoms with Gasteiger partial charge in [0.15, 0.2) is 0 Å². The summed E-state index contributed by atoms with van der Waals surface area (Å²) in [4.78, 5) is 2.51. The highest BCUT2D eigenvalue weighted by molar-refractivity contribution is 7.25. The Morgan fingerprint density at radius 1 is 0.443 bits per heavy atom. The van der Waals surface area contributed by atoms with Crippen LogP contribution in [0.15, 0.2) is 188 Å². The van der Waals surface area contributed by atoms with Gasteiger partial charge in [0.1, 0.15) is 0 Å². The molecule has 0 amide bonds. The molecule has 12 rings (SSSR count). The van der Waals surface area contributed by atoms with Crippen LogP contribution in [-0.4, -0.2) is 0 Å². The Labute approximate surface area is 364 Å². The van der Waals surface area contributed by atoms with E-state index in [2.05, 4.69) is 207 Å². The van der Waals surface area contributed by atoms with Gasteiger partial charge in [-0.3, -0.25) is 0 Å². The molecule has 1 heterocycles. The number of rotatable bonds is 6. The Morgan fingerprint density at radius 3 is 1.97 bits per heavy atom. The van der Waals surface area contributed by atoms with Crippen LogP contribution >= 0.6 is 11.3 Å². The summed E-state index contributed by atoms with van der Waals surface area (Å²) < 4.78 is 2.66. The van der Waals surface area contributed by atoms with Gasteiger partial charge >= 0.3 is 0 Å². The first kappa shape index (κ1) is 36.6. The molecule has 1 nitrogen and oxygen atoms in total. The molecular formula is C59H49NS. The van der Waals surface area contributed by atoms with Crippen molar-refractivity contribution >= 4 is 48.6 Å². The number of hydrogen-bond acceptors (Lipinski definition) is 2. The highest BCUT2D eigenvalue weighted by Crippen LogP contribution is 2.65. The molecule has 3 aliphatic carbocycles. The molecule has 1 aromatic heterocycles. The summed E-state index contributed by atoms with van der Waals surface area (Å²) in [5.74, 6) is 2.83. The van der Waals surface area contributed by atoms with E-state index in [-0.39, 0.29) is 5.41 Å². The molecule has 0 N–H and O–H groups in total. The highest BCUT2D eigenvalue weighted by atomic mass is 32.1. The fourth-order valence-corrected chi connectivity index (χ4v) is 13.6. The molecule has 5 atom stereocenters. The average Bonchev–Trinajstić information content (AvgIpc) is 3.83. The van der Waals surface area contributed by atoms with Gasteiger partial charge in [-0.15, -0.1) is 11.3 Å². The highest BCUT2D eigenvalue weighted by Gasteiger charge is 2.56. The Balaban J connectivity index is 1.01. The third kappa shape index (κ3) is 5.79. The SMILES string of the molecule is C[C@H]1C[C@@H]2C[C@H](C1)C1(c3ccccc3-c3ccc(N(c4ccc(-c5ccccc5-c5cccc6sc7ccccc7c56)cc4)c4cccc(-c5ccccc5)c4)cc31)[C@H](C)C2. The molecule has 2 saturated carbocycles. The van der Waals surface area contributed by atoms with Crippen LogP contribution in [0.2, 0.25) is 0 Å². The summed E-state index contributed by atoms with van der Waals surface area (Å²) in [6.45, 7) is 5.09. The van der Waals surface area contributed by atoms with E-state index in [0.717, 1.165) is 23.2 Å². The van der Waals surface area contributed by atoms with Gasteiger partial charge in [-0.1, -0.05) is 153 Å². The first-order chi connectivity index (χ1) is 30.0. The van der Waals surface area contributed by atoms with E-state index in [1.165, 1.54) is 96.1 Å². The number of nitrogens with zero attached hydrogens (tertiary/aromatic N) is 1. The number of anilines is 3. The molecule has 2 heteroatoms. The van der Waals surface area contributed by atoms with Crippen LogP contribution in [-0.2, 0) is 5.41 Å². The molecule has 1 spiro atoms. The second-order valence-electron chi connectivity index (χ2n) is 18.3. The minimum atomic E-state index is 0.0227. The van der Waals surface area contributed by atoms with Gasteiger partial charge in [0.2, 0.25) is 0 Å². The molecule has 0 aliphatic heterocycles. The fraction of sp³-hybridized carbons (Fsp3) is 0.186. The zero-order valence-electron chi connectivity index (χ0n) is 34.9. The summed E-state index contributed by atoms with van der Waals surface area (Å²) >= 11 is 1.88. The van der Waals surface area contributed by atoms with E-state index in [0.29, 0.717) is 11.8 Å². The van der Waals surface area contributed by atoms with Crippen LogP contribution in [0.5, 0.6) is 0 Å². The third-order valence-corrected chi connectivity index (χ3v) is 15.9. The number of hydrogen-bond donors (Lipinski definition) is 0. The molecule has 61 heavy (non-hydrogen) atoms. The zero-order valence-corrected chi connectivity index (χ0v) is 35.7. The van der Waals surface area contributed by atoms with E-state index >= 15 is 0 Å². The van der Waals surface area contributed by atoms with Crippen molar-refractivity contribution in [2.75, 3.05) is 4.90 Å². The monoisotopic (exact) mass is 803 g/mol. The second-order valence-corrected chi connectivity index (χ2v) is 19.4. The molecule has 3 aliphatic rings. The van der Waals surface area contributed by atoms with Gasteiger partial charge < -0.3 is 4.90 Å². The van der Waals surface area contributed by atoms with Gasteiger partial charge in [0.25, 0.3) is 0 Å². The van der Waals surface area contributed by atoms with Crippen LogP contribution in [0.1, 0.15) is 50.7 Å². The molecule has 0 saturated heterocycles. The lowest BCUT2D eigenvalue weighted by Crippen LogP contribution is -2.49. The van der Waals surface area contributed by atoms with Crippen LogP contribution in [0.3, 0.4) is 0 Å². The van der Waals surface area contributed by atoms with Crippen molar-refractivity contribution in [3.8, 4) is 44.5 Å². The van der Waals surface area contributed by atoms with Crippen molar-refractivity contribution in [3.63, 3.8) is 0 Å². The van der Waals surface area contributed by atoms with Gasteiger partial charge in [-0.05, 0) is 154 Å². The molecule has 8 aromatic carbocycles. The molecular weight excluding hydrogens is 755 g/mol. The maximum absolute atomic E-state index is 2.61. The van der Waals surface area contributed by atoms with Crippen LogP contribution in [0.25, 0.3) is 64.7 Å². The Hall–Kier alpha value is -6.22. The van der Waals surface area contributed by atoms with Gasteiger partial charge in [0.05, 0.1) is 0 Å². The van der Waals surface area contributed by atoms with E-state index in [1.807, 2.05) is 11.3 Å². The standard InChI is InChI=1S/C59H49NS/c1-38-32-40-34-39(2)59(44(33-38)35-40)54-23-10-8-20-50(54)51-31-30-47(37-55(51)59)60(46-17-12-16-43(36-46)41-14-4-3-5-15-41)45-28-26-42(27-29-45)48-18-6-7-19-49(48)52-22-13-25-57-58(52)53-21-9-11-24-56(53)61-57/h3-31,36-40,44H,32-35H2,1-2H3/t38-,39+,40-,44-,59?/m0/s1. The Bertz CT molecular complexity index is 3100. The van der Waals surface area contributed by atoms with Crippen molar-refractivity contribution in [1.29, 1.82) is 0 Å². The molecule has 1 unspecified atom stereocenters. The van der Waals surface area contributed by atoms with Crippen LogP contribution in [0.4, 0.5) is 17.1 Å². The predicted molar refractivity (Wildman–Crippen MR) is 260 cm³/mol.